The standard InChI is InChI=1S/C17H23N5O.2ClH/c1-12(7-13-3-5-18-6-4-13)21-17(23)16-10-19-9-15(16)14-8-20-22(2)11-14;;/h3-6,8,11-12,15-16,19H,7,9-10H2,1-2H3,(H,21,23);2*1H/t12?,15-,16+;;/m1../s1. The van der Waals surface area contributed by atoms with E-state index in [1.807, 2.05) is 38.5 Å². The molecule has 2 aromatic rings. The maximum Gasteiger partial charge on any atom is 0.225 e. The fourth-order valence-corrected chi connectivity index (χ4v) is 3.21. The third-order valence-corrected chi connectivity index (χ3v) is 4.38. The van der Waals surface area contributed by atoms with Gasteiger partial charge in [0.15, 0.2) is 0 Å². The number of pyridine rings is 1. The minimum absolute atomic E-state index is 0. The van der Waals surface area contributed by atoms with Gasteiger partial charge in [-0.3, -0.25) is 14.5 Å². The van der Waals surface area contributed by atoms with Gasteiger partial charge in [-0.25, -0.2) is 0 Å². The number of aryl methyl sites for hydroxylation is 1. The third-order valence-electron chi connectivity index (χ3n) is 4.38. The van der Waals surface area contributed by atoms with Crippen LogP contribution in [-0.2, 0) is 18.3 Å². The zero-order valence-electron chi connectivity index (χ0n) is 14.4. The van der Waals surface area contributed by atoms with Crippen molar-refractivity contribution >= 4 is 30.7 Å². The number of hydrogen-bond donors (Lipinski definition) is 2. The quantitative estimate of drug-likeness (QED) is 0.821. The fourth-order valence-electron chi connectivity index (χ4n) is 3.21. The molecular formula is C17H25Cl2N5O. The van der Waals surface area contributed by atoms with Crippen molar-refractivity contribution < 1.29 is 4.79 Å². The molecule has 2 N–H and O–H groups in total. The Balaban J connectivity index is 0.00000156. The van der Waals surface area contributed by atoms with Crippen LogP contribution in [0.4, 0.5) is 0 Å². The maximum atomic E-state index is 12.6. The first kappa shape index (κ1) is 21.4. The van der Waals surface area contributed by atoms with E-state index in [2.05, 4.69) is 20.7 Å². The second-order valence-electron chi connectivity index (χ2n) is 6.29. The summed E-state index contributed by atoms with van der Waals surface area (Å²) in [4.78, 5) is 16.7. The first-order valence-corrected chi connectivity index (χ1v) is 8.02. The second-order valence-corrected chi connectivity index (χ2v) is 6.29. The summed E-state index contributed by atoms with van der Waals surface area (Å²) in [5.74, 6) is 0.265. The van der Waals surface area contributed by atoms with E-state index in [9.17, 15) is 4.79 Å². The van der Waals surface area contributed by atoms with Gasteiger partial charge in [-0.05, 0) is 36.6 Å². The Kier molecular flexibility index (Phi) is 8.35. The summed E-state index contributed by atoms with van der Waals surface area (Å²) >= 11 is 0. The molecule has 1 fully saturated rings. The van der Waals surface area contributed by atoms with Crippen molar-refractivity contribution in [1.29, 1.82) is 0 Å². The van der Waals surface area contributed by atoms with Gasteiger partial charge in [0.05, 0.1) is 12.1 Å². The van der Waals surface area contributed by atoms with Crippen LogP contribution >= 0.6 is 24.8 Å². The smallest absolute Gasteiger partial charge is 0.225 e. The van der Waals surface area contributed by atoms with Crippen LogP contribution < -0.4 is 10.6 Å². The molecule has 1 unspecified atom stereocenters. The zero-order valence-corrected chi connectivity index (χ0v) is 16.0. The molecule has 2 aromatic heterocycles. The largest absolute Gasteiger partial charge is 0.353 e. The predicted octanol–water partition coefficient (Wildman–Crippen LogP) is 1.71. The van der Waals surface area contributed by atoms with Gasteiger partial charge in [0, 0.05) is 50.7 Å². The Morgan fingerprint density at radius 2 is 2.08 bits per heavy atom. The molecule has 0 spiro atoms. The highest BCUT2D eigenvalue weighted by atomic mass is 35.5. The number of hydrogen-bond acceptors (Lipinski definition) is 4. The molecule has 1 saturated heterocycles. The van der Waals surface area contributed by atoms with Crippen molar-refractivity contribution in [1.82, 2.24) is 25.4 Å². The molecule has 0 aromatic carbocycles. The summed E-state index contributed by atoms with van der Waals surface area (Å²) in [5.41, 5.74) is 2.31. The van der Waals surface area contributed by atoms with Gasteiger partial charge < -0.3 is 10.6 Å². The molecule has 0 saturated carbocycles. The van der Waals surface area contributed by atoms with Crippen molar-refractivity contribution in [2.75, 3.05) is 13.1 Å². The Morgan fingerprint density at radius 1 is 1.36 bits per heavy atom. The number of amides is 1. The highest BCUT2D eigenvalue weighted by Crippen LogP contribution is 2.28. The van der Waals surface area contributed by atoms with Crippen LogP contribution in [0.3, 0.4) is 0 Å². The average Bonchev–Trinajstić information content (AvgIpc) is 3.16. The topological polar surface area (TPSA) is 71.8 Å². The van der Waals surface area contributed by atoms with E-state index in [-0.39, 0.29) is 48.6 Å². The van der Waals surface area contributed by atoms with Gasteiger partial charge in [0.25, 0.3) is 0 Å². The van der Waals surface area contributed by atoms with Crippen LogP contribution in [0.25, 0.3) is 0 Å². The molecule has 3 heterocycles. The van der Waals surface area contributed by atoms with Crippen molar-refractivity contribution in [2.45, 2.75) is 25.3 Å². The van der Waals surface area contributed by atoms with E-state index >= 15 is 0 Å². The molecule has 3 rings (SSSR count). The van der Waals surface area contributed by atoms with Crippen LogP contribution in [0.5, 0.6) is 0 Å². The van der Waals surface area contributed by atoms with Crippen molar-refractivity contribution in [3.63, 3.8) is 0 Å². The van der Waals surface area contributed by atoms with Crippen molar-refractivity contribution in [3.8, 4) is 0 Å². The third kappa shape index (κ3) is 5.42. The van der Waals surface area contributed by atoms with Gasteiger partial charge in [-0.15, -0.1) is 24.8 Å². The molecule has 3 atom stereocenters. The van der Waals surface area contributed by atoms with Crippen LogP contribution in [-0.4, -0.2) is 39.8 Å². The number of rotatable bonds is 5. The minimum Gasteiger partial charge on any atom is -0.353 e. The molecule has 1 aliphatic rings. The number of nitrogens with one attached hydrogen (secondary N) is 2. The molecule has 1 amide bonds. The molecule has 25 heavy (non-hydrogen) atoms. The van der Waals surface area contributed by atoms with E-state index in [1.54, 1.807) is 17.1 Å². The van der Waals surface area contributed by atoms with Gasteiger partial charge >= 0.3 is 0 Å². The lowest BCUT2D eigenvalue weighted by Gasteiger charge is -2.20. The summed E-state index contributed by atoms with van der Waals surface area (Å²) in [6.07, 6.45) is 8.23. The first-order valence-electron chi connectivity index (χ1n) is 8.02. The Hall–Kier alpha value is -1.63. The van der Waals surface area contributed by atoms with Gasteiger partial charge in [0.1, 0.15) is 0 Å². The lowest BCUT2D eigenvalue weighted by Crippen LogP contribution is -2.40. The molecular weight excluding hydrogens is 361 g/mol. The number of nitrogens with zero attached hydrogens (tertiary/aromatic N) is 3. The monoisotopic (exact) mass is 385 g/mol. The summed E-state index contributed by atoms with van der Waals surface area (Å²) < 4.78 is 1.79. The van der Waals surface area contributed by atoms with E-state index < -0.39 is 0 Å². The molecule has 138 valence electrons. The Labute approximate surface area is 160 Å². The summed E-state index contributed by atoms with van der Waals surface area (Å²) in [6, 6.07) is 4.07. The Morgan fingerprint density at radius 3 is 2.72 bits per heavy atom. The summed E-state index contributed by atoms with van der Waals surface area (Å²) in [6.45, 7) is 3.58. The number of aromatic nitrogens is 3. The lowest BCUT2D eigenvalue weighted by atomic mass is 9.90. The summed E-state index contributed by atoms with van der Waals surface area (Å²) in [7, 11) is 1.90. The van der Waals surface area contributed by atoms with Crippen LogP contribution in [0.2, 0.25) is 0 Å². The predicted molar refractivity (Wildman–Crippen MR) is 102 cm³/mol. The van der Waals surface area contributed by atoms with Crippen LogP contribution in [0.1, 0.15) is 24.0 Å². The number of carbonyl (C=O) groups is 1. The fraction of sp³-hybridized carbons (Fsp3) is 0.471. The van der Waals surface area contributed by atoms with Crippen molar-refractivity contribution in [2.24, 2.45) is 13.0 Å². The van der Waals surface area contributed by atoms with E-state index in [0.29, 0.717) is 6.54 Å². The number of carbonyl (C=O) groups excluding carboxylic acids is 1. The SMILES string of the molecule is CC(Cc1ccncc1)NC(=O)[C@H]1CNC[C@@H]1c1cnn(C)c1.Cl.Cl. The van der Waals surface area contributed by atoms with E-state index in [4.69, 9.17) is 0 Å². The van der Waals surface area contributed by atoms with Gasteiger partial charge in [0.2, 0.25) is 5.91 Å². The second kappa shape index (κ2) is 9.75. The molecule has 0 aliphatic carbocycles. The van der Waals surface area contributed by atoms with Gasteiger partial charge in [-0.1, -0.05) is 0 Å². The minimum atomic E-state index is -0.0425. The van der Waals surface area contributed by atoms with Crippen molar-refractivity contribution in [3.05, 3.63) is 48.0 Å². The molecule has 0 radical (unpaired) electrons. The molecule has 1 aliphatic heterocycles. The maximum absolute atomic E-state index is 12.6. The van der Waals surface area contributed by atoms with Gasteiger partial charge in [-0.2, -0.15) is 5.10 Å². The first-order chi connectivity index (χ1) is 11.1. The summed E-state index contributed by atoms with van der Waals surface area (Å²) in [5, 5.41) is 10.7. The Bertz CT molecular complexity index is 664. The zero-order chi connectivity index (χ0) is 16.2. The van der Waals surface area contributed by atoms with Crippen LogP contribution in [0.15, 0.2) is 36.9 Å². The highest BCUT2D eigenvalue weighted by molar-refractivity contribution is 5.85. The highest BCUT2D eigenvalue weighted by Gasteiger charge is 2.35. The molecule has 0 bridgehead atoms. The van der Waals surface area contributed by atoms with Crippen LogP contribution in [0, 0.1) is 5.92 Å². The average molecular weight is 386 g/mol. The number of halogens is 2. The molecule has 8 heteroatoms. The normalized spacial score (nSPS) is 20.2. The van der Waals surface area contributed by atoms with E-state index in [0.717, 1.165) is 18.5 Å². The lowest BCUT2D eigenvalue weighted by molar-refractivity contribution is -0.125. The van der Waals surface area contributed by atoms with E-state index in [1.165, 1.54) is 5.56 Å². The molecule has 6 nitrogen and oxygen atoms in total.